The molecule has 1 aliphatic rings. The van der Waals surface area contributed by atoms with Crippen LogP contribution in [0.3, 0.4) is 0 Å². The highest BCUT2D eigenvalue weighted by Crippen LogP contribution is 2.23. The average Bonchev–Trinajstić information content (AvgIpc) is 3.25. The van der Waals surface area contributed by atoms with Crippen LogP contribution >= 0.6 is 0 Å². The molecule has 6 nitrogen and oxygen atoms in total. The summed E-state index contributed by atoms with van der Waals surface area (Å²) in [6, 6.07) is 8.12. The zero-order valence-corrected chi connectivity index (χ0v) is 12.1. The highest BCUT2D eigenvalue weighted by Gasteiger charge is 2.25. The second kappa shape index (κ2) is 5.29. The van der Waals surface area contributed by atoms with E-state index in [1.807, 2.05) is 35.4 Å². The molecule has 3 heterocycles. The van der Waals surface area contributed by atoms with Gasteiger partial charge in [-0.15, -0.1) is 0 Å². The van der Waals surface area contributed by atoms with E-state index < -0.39 is 0 Å². The van der Waals surface area contributed by atoms with Gasteiger partial charge in [0.15, 0.2) is 0 Å². The molecule has 1 aliphatic heterocycles. The third-order valence-electron chi connectivity index (χ3n) is 4.32. The molecule has 0 atom stereocenters. The van der Waals surface area contributed by atoms with E-state index in [1.54, 1.807) is 17.2 Å². The molecule has 0 unspecified atom stereocenters. The van der Waals surface area contributed by atoms with Crippen molar-refractivity contribution in [1.29, 1.82) is 0 Å². The SMILES string of the molecule is O=C(c1ccc2cc[nH]c2c1)N1CCC(n2nccn2)CC1. The van der Waals surface area contributed by atoms with Crippen LogP contribution in [0.5, 0.6) is 0 Å². The third-order valence-corrected chi connectivity index (χ3v) is 4.32. The minimum Gasteiger partial charge on any atom is -0.361 e. The number of rotatable bonds is 2. The van der Waals surface area contributed by atoms with Crippen molar-refractivity contribution in [3.63, 3.8) is 0 Å². The van der Waals surface area contributed by atoms with E-state index in [-0.39, 0.29) is 5.91 Å². The van der Waals surface area contributed by atoms with E-state index >= 15 is 0 Å². The molecule has 0 aliphatic carbocycles. The van der Waals surface area contributed by atoms with Crippen LogP contribution < -0.4 is 0 Å². The molecular formula is C16H17N5O. The van der Waals surface area contributed by atoms with Crippen LogP contribution in [0.25, 0.3) is 10.9 Å². The normalized spacial score (nSPS) is 16.3. The number of nitrogens with one attached hydrogen (secondary N) is 1. The Morgan fingerprint density at radius 1 is 1.14 bits per heavy atom. The van der Waals surface area contributed by atoms with E-state index in [2.05, 4.69) is 15.2 Å². The summed E-state index contributed by atoms with van der Waals surface area (Å²) in [6.45, 7) is 1.49. The van der Waals surface area contributed by atoms with E-state index in [1.165, 1.54) is 0 Å². The van der Waals surface area contributed by atoms with Crippen LogP contribution in [0.2, 0.25) is 0 Å². The Kier molecular flexibility index (Phi) is 3.14. The number of carbonyl (C=O) groups is 1. The van der Waals surface area contributed by atoms with Crippen LogP contribution in [-0.2, 0) is 0 Å². The second-order valence-electron chi connectivity index (χ2n) is 5.65. The number of benzene rings is 1. The maximum Gasteiger partial charge on any atom is 0.253 e. The number of piperidine rings is 1. The Balaban J connectivity index is 1.47. The fourth-order valence-electron chi connectivity index (χ4n) is 3.08. The smallest absolute Gasteiger partial charge is 0.253 e. The molecule has 4 rings (SSSR count). The first kappa shape index (κ1) is 13.1. The topological polar surface area (TPSA) is 66.8 Å². The summed E-state index contributed by atoms with van der Waals surface area (Å²) in [5.41, 5.74) is 1.74. The summed E-state index contributed by atoms with van der Waals surface area (Å²) >= 11 is 0. The predicted molar refractivity (Wildman–Crippen MR) is 82.5 cm³/mol. The molecule has 22 heavy (non-hydrogen) atoms. The second-order valence-corrected chi connectivity index (χ2v) is 5.65. The number of nitrogens with zero attached hydrogens (tertiary/aromatic N) is 4. The van der Waals surface area contributed by atoms with Crippen molar-refractivity contribution in [1.82, 2.24) is 24.9 Å². The Bertz CT molecular complexity index is 784. The summed E-state index contributed by atoms with van der Waals surface area (Å²) in [5.74, 6) is 0.100. The molecule has 6 heteroatoms. The summed E-state index contributed by atoms with van der Waals surface area (Å²) in [6.07, 6.45) is 7.07. The summed E-state index contributed by atoms with van der Waals surface area (Å²) in [7, 11) is 0. The van der Waals surface area contributed by atoms with Gasteiger partial charge in [-0.25, -0.2) is 0 Å². The van der Waals surface area contributed by atoms with E-state index in [0.29, 0.717) is 6.04 Å². The predicted octanol–water partition coefficient (Wildman–Crippen LogP) is 2.24. The number of hydrogen-bond donors (Lipinski definition) is 1. The first-order valence-electron chi connectivity index (χ1n) is 7.53. The lowest BCUT2D eigenvalue weighted by Crippen LogP contribution is -2.39. The van der Waals surface area contributed by atoms with Gasteiger partial charge in [0.05, 0.1) is 18.4 Å². The molecule has 0 spiro atoms. The van der Waals surface area contributed by atoms with Gasteiger partial charge in [0.1, 0.15) is 0 Å². The minimum atomic E-state index is 0.100. The lowest BCUT2D eigenvalue weighted by Gasteiger charge is -2.31. The molecule has 112 valence electrons. The van der Waals surface area contributed by atoms with Gasteiger partial charge in [-0.2, -0.15) is 15.0 Å². The third kappa shape index (κ3) is 2.26. The standard InChI is InChI=1S/C16H17N5O/c22-16(13-2-1-12-3-6-17-15(12)11-13)20-9-4-14(5-10-20)21-18-7-8-19-21/h1-3,6-8,11,14,17H,4-5,9-10H2. The van der Waals surface area contributed by atoms with Crippen molar-refractivity contribution in [2.24, 2.45) is 0 Å². The lowest BCUT2D eigenvalue weighted by atomic mass is 10.0. The average molecular weight is 295 g/mol. The molecule has 2 aromatic heterocycles. The Labute approximate surface area is 127 Å². The Morgan fingerprint density at radius 2 is 1.91 bits per heavy atom. The molecule has 1 saturated heterocycles. The number of aromatic amines is 1. The van der Waals surface area contributed by atoms with Crippen molar-refractivity contribution in [2.45, 2.75) is 18.9 Å². The molecule has 1 aromatic carbocycles. The molecule has 0 bridgehead atoms. The van der Waals surface area contributed by atoms with E-state index in [9.17, 15) is 4.79 Å². The van der Waals surface area contributed by atoms with Crippen molar-refractivity contribution in [2.75, 3.05) is 13.1 Å². The van der Waals surface area contributed by atoms with Crippen LogP contribution in [0.1, 0.15) is 29.2 Å². The van der Waals surface area contributed by atoms with Gasteiger partial charge in [-0.3, -0.25) is 4.79 Å². The van der Waals surface area contributed by atoms with Gasteiger partial charge >= 0.3 is 0 Å². The molecule has 0 saturated carbocycles. The molecule has 1 N–H and O–H groups in total. The maximum atomic E-state index is 12.6. The van der Waals surface area contributed by atoms with Crippen molar-refractivity contribution in [3.8, 4) is 0 Å². The number of H-pyrrole nitrogens is 1. The molecular weight excluding hydrogens is 278 g/mol. The number of amides is 1. The van der Waals surface area contributed by atoms with Gasteiger partial charge in [0, 0.05) is 30.4 Å². The van der Waals surface area contributed by atoms with Crippen molar-refractivity contribution in [3.05, 3.63) is 48.4 Å². The maximum absolute atomic E-state index is 12.6. The van der Waals surface area contributed by atoms with Crippen LogP contribution in [0.15, 0.2) is 42.9 Å². The fraction of sp³-hybridized carbons (Fsp3) is 0.312. The van der Waals surface area contributed by atoms with Crippen LogP contribution in [-0.4, -0.2) is 43.9 Å². The number of likely N-dealkylation sites (tertiary alicyclic amines) is 1. The highest BCUT2D eigenvalue weighted by molar-refractivity contribution is 5.97. The quantitative estimate of drug-likeness (QED) is 0.788. The number of hydrogen-bond acceptors (Lipinski definition) is 3. The molecule has 1 fully saturated rings. The summed E-state index contributed by atoms with van der Waals surface area (Å²) < 4.78 is 0. The zero-order chi connectivity index (χ0) is 14.9. The Hall–Kier alpha value is -2.63. The van der Waals surface area contributed by atoms with Gasteiger partial charge in [0.25, 0.3) is 5.91 Å². The first-order chi connectivity index (χ1) is 10.8. The van der Waals surface area contributed by atoms with Crippen LogP contribution in [0, 0.1) is 0 Å². The van der Waals surface area contributed by atoms with Gasteiger partial charge in [0.2, 0.25) is 0 Å². The monoisotopic (exact) mass is 295 g/mol. The molecule has 0 radical (unpaired) electrons. The van der Waals surface area contributed by atoms with Gasteiger partial charge < -0.3 is 9.88 Å². The summed E-state index contributed by atoms with van der Waals surface area (Å²) in [5, 5.41) is 9.51. The lowest BCUT2D eigenvalue weighted by molar-refractivity contribution is 0.0684. The molecule has 3 aromatic rings. The van der Waals surface area contributed by atoms with E-state index in [0.717, 1.165) is 42.4 Å². The number of fused-ring (bicyclic) bond motifs is 1. The van der Waals surface area contributed by atoms with E-state index in [4.69, 9.17) is 0 Å². The summed E-state index contributed by atoms with van der Waals surface area (Å²) in [4.78, 5) is 19.5. The zero-order valence-electron chi connectivity index (χ0n) is 12.1. The largest absolute Gasteiger partial charge is 0.361 e. The number of carbonyl (C=O) groups excluding carboxylic acids is 1. The van der Waals surface area contributed by atoms with Gasteiger partial charge in [-0.1, -0.05) is 6.07 Å². The first-order valence-corrected chi connectivity index (χ1v) is 7.53. The highest BCUT2D eigenvalue weighted by atomic mass is 16.2. The van der Waals surface area contributed by atoms with Crippen molar-refractivity contribution >= 4 is 16.8 Å². The van der Waals surface area contributed by atoms with Gasteiger partial charge in [-0.05, 0) is 36.4 Å². The van der Waals surface area contributed by atoms with Crippen LogP contribution in [0.4, 0.5) is 0 Å². The number of aromatic nitrogens is 4. The Morgan fingerprint density at radius 3 is 2.68 bits per heavy atom. The fourth-order valence-corrected chi connectivity index (χ4v) is 3.08. The van der Waals surface area contributed by atoms with Crippen molar-refractivity contribution < 1.29 is 4.79 Å². The molecule has 1 amide bonds. The minimum absolute atomic E-state index is 0.100.